The standard InChI is InChI=1S/C51H54N4O14/c1-47-18-24-22(14-16-27(56)29(24)36(58)33(47)43(64)50(68)26(20-47)35(54(4)5)38(60)31(41(50)62)45(52)66)12-10-8-9-11-13-23-15-17-28(57)30-25(23)19-48(2)21-49(3)40(55(6)7)39(61)32(46(53)67)42(63)51(49,69)44(65)34(48)37(30)59/h14-17,26,31,35,38,40,56-60,63,68-69H,8-9,18-21H2,1-7H3,(H2,52,66)(H2,53,67)/t26?,31?,35-,38?,40+,47-,48-,49-,50+,51+/m0/s1. The van der Waals surface area contributed by atoms with Gasteiger partial charge in [0.2, 0.25) is 17.5 Å². The first kappa shape index (κ1) is 48.6. The third-order valence-corrected chi connectivity index (χ3v) is 15.7. The van der Waals surface area contributed by atoms with Crippen molar-refractivity contribution in [3.8, 4) is 35.2 Å². The zero-order valence-electron chi connectivity index (χ0n) is 39.0. The zero-order chi connectivity index (χ0) is 51.0. The van der Waals surface area contributed by atoms with E-state index in [2.05, 4.69) is 23.7 Å². The average molecular weight is 947 g/mol. The number of aromatic hydroxyl groups is 2. The summed E-state index contributed by atoms with van der Waals surface area (Å²) in [6, 6.07) is 3.30. The van der Waals surface area contributed by atoms with E-state index in [9.17, 15) is 69.6 Å². The molecule has 12 N–H and O–H groups in total. The molecule has 69 heavy (non-hydrogen) atoms. The second kappa shape index (κ2) is 15.9. The van der Waals surface area contributed by atoms with Crippen molar-refractivity contribution in [3.05, 3.63) is 80.1 Å². The SMILES string of the molecule is CN(C)[C@@H]1C(O)C(C(N)=O)C(=O)[C@@]2(O)C(=O)C3=C(O)c4c(O)ccc(C#CCCC#Cc5ccc(O)c6c5C[C@@]5(C)C[C@@]7(C)[C@H](N(C)C)C(=O)C(C(N)=O)=C(O)[C@@]7(O)C(=O)C5=C6O)c4C[C@@]3(C)CC12. The minimum Gasteiger partial charge on any atom is -0.508 e. The highest BCUT2D eigenvalue weighted by Gasteiger charge is 2.73. The average Bonchev–Trinajstić information content (AvgIpc) is 3.22. The Morgan fingerprint density at radius 2 is 1.23 bits per heavy atom. The molecule has 0 aliphatic heterocycles. The number of aliphatic hydroxyl groups excluding tert-OH is 4. The minimum absolute atomic E-state index is 0.00104. The Hall–Kier alpha value is -6.80. The maximum absolute atomic E-state index is 14.6. The quantitative estimate of drug-likeness (QED) is 0.0856. The van der Waals surface area contributed by atoms with Gasteiger partial charge in [-0.1, -0.05) is 44.5 Å². The Morgan fingerprint density at radius 3 is 1.70 bits per heavy atom. The van der Waals surface area contributed by atoms with Crippen molar-refractivity contribution < 1.29 is 69.6 Å². The Kier molecular flexibility index (Phi) is 11.2. The van der Waals surface area contributed by atoms with Crippen LogP contribution in [0, 0.1) is 51.8 Å². The summed E-state index contributed by atoms with van der Waals surface area (Å²) in [6.07, 6.45) is -1.46. The molecule has 3 saturated carbocycles. The van der Waals surface area contributed by atoms with Gasteiger partial charge in [0.05, 0.1) is 23.3 Å². The Balaban J connectivity index is 1.10. The maximum atomic E-state index is 14.6. The normalized spacial score (nSPS) is 33.6. The molecule has 2 aromatic carbocycles. The van der Waals surface area contributed by atoms with E-state index in [1.807, 2.05) is 0 Å². The molecule has 0 aromatic heterocycles. The number of carbonyl (C=O) groups is 6. The molecule has 2 amide bonds. The number of phenols is 2. The molecule has 0 heterocycles. The number of fused-ring (bicyclic) bond motifs is 6. The summed E-state index contributed by atoms with van der Waals surface area (Å²) in [5, 5.41) is 92.5. The Labute approximate surface area is 396 Å². The summed E-state index contributed by atoms with van der Waals surface area (Å²) >= 11 is 0. The first-order valence-electron chi connectivity index (χ1n) is 22.3. The van der Waals surface area contributed by atoms with Crippen LogP contribution in [0.1, 0.15) is 79.8 Å². The zero-order valence-corrected chi connectivity index (χ0v) is 39.0. The van der Waals surface area contributed by atoms with Crippen LogP contribution in [0.15, 0.2) is 46.7 Å². The summed E-state index contributed by atoms with van der Waals surface area (Å²) in [6.45, 7) is 4.79. The molecule has 6 aliphatic carbocycles. The van der Waals surface area contributed by atoms with Crippen LogP contribution in [0.25, 0.3) is 11.5 Å². The third-order valence-electron chi connectivity index (χ3n) is 15.7. The van der Waals surface area contributed by atoms with Crippen LogP contribution in [0.4, 0.5) is 0 Å². The molecule has 3 unspecified atom stereocenters. The van der Waals surface area contributed by atoms with Crippen LogP contribution >= 0.6 is 0 Å². The maximum Gasteiger partial charge on any atom is 0.255 e. The largest absolute Gasteiger partial charge is 0.508 e. The van der Waals surface area contributed by atoms with Gasteiger partial charge < -0.3 is 57.2 Å². The predicted octanol–water partition coefficient (Wildman–Crippen LogP) is 0.760. The summed E-state index contributed by atoms with van der Waals surface area (Å²) in [4.78, 5) is 84.2. The number of nitrogens with zero attached hydrogens (tertiary/aromatic N) is 2. The minimum atomic E-state index is -2.86. The van der Waals surface area contributed by atoms with Gasteiger partial charge in [-0.2, -0.15) is 0 Å². The van der Waals surface area contributed by atoms with Crippen LogP contribution in [-0.2, 0) is 41.6 Å². The van der Waals surface area contributed by atoms with Crippen LogP contribution in [0.3, 0.4) is 0 Å². The van der Waals surface area contributed by atoms with Gasteiger partial charge in [-0.3, -0.25) is 33.7 Å². The lowest BCUT2D eigenvalue weighted by Crippen LogP contribution is -2.74. The fourth-order valence-corrected chi connectivity index (χ4v) is 13.0. The summed E-state index contributed by atoms with van der Waals surface area (Å²) in [7, 11) is 6.18. The van der Waals surface area contributed by atoms with Gasteiger partial charge in [0.15, 0.2) is 22.8 Å². The van der Waals surface area contributed by atoms with Gasteiger partial charge >= 0.3 is 0 Å². The van der Waals surface area contributed by atoms with E-state index in [0.29, 0.717) is 22.3 Å². The molecule has 0 spiro atoms. The number of primary amides is 2. The number of likely N-dealkylation sites (N-methyl/N-ethyl adjacent to an activating group) is 2. The lowest BCUT2D eigenvalue weighted by molar-refractivity contribution is -0.186. The van der Waals surface area contributed by atoms with Crippen LogP contribution in [-0.4, -0.2) is 143 Å². The number of phenolic OH excluding ortho intramolecular Hbond substituents is 2. The van der Waals surface area contributed by atoms with Gasteiger partial charge in [-0.05, 0) is 89.3 Å². The number of aliphatic hydroxyl groups is 6. The van der Waals surface area contributed by atoms with Crippen molar-refractivity contribution in [1.82, 2.24) is 9.80 Å². The van der Waals surface area contributed by atoms with Gasteiger partial charge in [-0.15, -0.1) is 0 Å². The highest BCUT2D eigenvalue weighted by atomic mass is 16.4. The fourth-order valence-electron chi connectivity index (χ4n) is 13.0. The van der Waals surface area contributed by atoms with E-state index >= 15 is 0 Å². The van der Waals surface area contributed by atoms with E-state index in [0.717, 1.165) is 0 Å². The van der Waals surface area contributed by atoms with E-state index < -0.39 is 121 Å². The number of hydrogen-bond acceptors (Lipinski definition) is 16. The number of amides is 2. The Morgan fingerprint density at radius 1 is 0.739 bits per heavy atom. The fraction of sp³-hybridized carbons (Fsp3) is 0.451. The van der Waals surface area contributed by atoms with Gasteiger partial charge in [0.1, 0.15) is 40.3 Å². The predicted molar refractivity (Wildman–Crippen MR) is 245 cm³/mol. The molecule has 0 saturated heterocycles. The van der Waals surface area contributed by atoms with Gasteiger partial charge in [0, 0.05) is 63.3 Å². The van der Waals surface area contributed by atoms with Crippen molar-refractivity contribution in [2.24, 2.45) is 39.5 Å². The molecule has 18 heteroatoms. The highest BCUT2D eigenvalue weighted by Crippen LogP contribution is 2.63. The molecular weight excluding hydrogens is 893 g/mol. The summed E-state index contributed by atoms with van der Waals surface area (Å²) in [5.74, 6) is -1.13. The molecule has 10 atom stereocenters. The molecule has 6 aliphatic rings. The van der Waals surface area contributed by atoms with Gasteiger partial charge in [0.25, 0.3) is 5.91 Å². The second-order valence-corrected chi connectivity index (χ2v) is 20.5. The summed E-state index contributed by atoms with van der Waals surface area (Å²) < 4.78 is 0. The number of carbonyl (C=O) groups excluding carboxylic acids is 6. The topological polar surface area (TPSA) is 323 Å². The van der Waals surface area contributed by atoms with Crippen molar-refractivity contribution in [1.29, 1.82) is 0 Å². The number of unbranched alkanes of at least 4 members (excludes halogenated alkanes) is 1. The first-order valence-corrected chi connectivity index (χ1v) is 22.3. The van der Waals surface area contributed by atoms with E-state index in [1.165, 1.54) is 43.0 Å². The molecule has 8 rings (SSSR count). The molecule has 0 radical (unpaired) electrons. The molecule has 2 aromatic rings. The molecular formula is C51H54N4O14. The van der Waals surface area contributed by atoms with Crippen molar-refractivity contribution in [3.63, 3.8) is 0 Å². The smallest absolute Gasteiger partial charge is 0.255 e. The first-order chi connectivity index (χ1) is 32.1. The number of Topliss-reactive ketones (excluding diaryl/α,β-unsaturated/α-hetero) is 4. The van der Waals surface area contributed by atoms with Gasteiger partial charge in [-0.25, -0.2) is 0 Å². The molecule has 18 nitrogen and oxygen atoms in total. The monoisotopic (exact) mass is 946 g/mol. The van der Waals surface area contributed by atoms with Crippen molar-refractivity contribution >= 4 is 46.5 Å². The molecule has 3 fully saturated rings. The van der Waals surface area contributed by atoms with Crippen LogP contribution < -0.4 is 11.5 Å². The molecule has 362 valence electrons. The van der Waals surface area contributed by atoms with E-state index in [-0.39, 0.29) is 66.5 Å². The number of hydrogen-bond donors (Lipinski definition) is 10. The van der Waals surface area contributed by atoms with Crippen molar-refractivity contribution in [2.75, 3.05) is 28.2 Å². The van der Waals surface area contributed by atoms with E-state index in [4.69, 9.17) is 11.5 Å². The molecule has 0 bridgehead atoms. The third kappa shape index (κ3) is 6.46. The van der Waals surface area contributed by atoms with Crippen LogP contribution in [0.2, 0.25) is 0 Å². The van der Waals surface area contributed by atoms with Crippen molar-refractivity contribution in [2.45, 2.75) is 88.7 Å². The van der Waals surface area contributed by atoms with E-state index in [1.54, 1.807) is 40.1 Å². The Bertz CT molecular complexity index is 3000. The number of nitrogens with two attached hydrogens (primary N) is 2. The number of benzene rings is 2. The lowest BCUT2D eigenvalue weighted by atomic mass is 9.46. The summed E-state index contributed by atoms with van der Waals surface area (Å²) in [5.41, 5.74) is 0.841. The second-order valence-electron chi connectivity index (χ2n) is 20.5. The number of rotatable bonds is 5. The number of ketones is 4. The van der Waals surface area contributed by atoms with Crippen LogP contribution in [0.5, 0.6) is 11.5 Å². The highest BCUT2D eigenvalue weighted by molar-refractivity contribution is 6.26. The lowest BCUT2D eigenvalue weighted by Gasteiger charge is -2.59.